The number of rotatable bonds is 4. The molecule has 4 rings (SSSR count). The van der Waals surface area contributed by atoms with Gasteiger partial charge in [0.05, 0.1) is 12.1 Å². The van der Waals surface area contributed by atoms with Crippen LogP contribution in [0.1, 0.15) is 44.9 Å². The van der Waals surface area contributed by atoms with Gasteiger partial charge in [0.2, 0.25) is 17.7 Å². The zero-order valence-corrected chi connectivity index (χ0v) is 15.5. The standard InChI is InChI=1S/C20H26N4O3/c25-17-13-20(8-2-3-9-20)19(27)24(17)14-23-11-6-15(7-12-23)18(26)22-16-5-1-4-10-21-16/h1,4-5,10,15H,2-3,6-9,11-14H2,(H,21,22,26). The number of carbonyl (C=O) groups excluding carboxylic acids is 3. The van der Waals surface area contributed by atoms with Crippen LogP contribution in [0, 0.1) is 11.3 Å². The quantitative estimate of drug-likeness (QED) is 0.820. The van der Waals surface area contributed by atoms with Gasteiger partial charge in [-0.25, -0.2) is 4.98 Å². The number of piperidine rings is 1. The molecule has 0 atom stereocenters. The minimum Gasteiger partial charge on any atom is -0.310 e. The van der Waals surface area contributed by atoms with Gasteiger partial charge in [-0.2, -0.15) is 0 Å². The van der Waals surface area contributed by atoms with Crippen LogP contribution in [-0.4, -0.2) is 52.3 Å². The first-order valence-corrected chi connectivity index (χ1v) is 9.86. The number of aromatic nitrogens is 1. The fourth-order valence-electron chi connectivity index (χ4n) is 4.65. The molecule has 1 N–H and O–H groups in total. The van der Waals surface area contributed by atoms with Gasteiger partial charge in [0.1, 0.15) is 5.82 Å². The van der Waals surface area contributed by atoms with Crippen LogP contribution < -0.4 is 5.32 Å². The van der Waals surface area contributed by atoms with Crippen molar-refractivity contribution in [1.82, 2.24) is 14.8 Å². The molecule has 3 amide bonds. The fourth-order valence-corrected chi connectivity index (χ4v) is 4.65. The smallest absolute Gasteiger partial charge is 0.237 e. The number of hydrogen-bond acceptors (Lipinski definition) is 5. The Morgan fingerprint density at radius 3 is 2.59 bits per heavy atom. The molecular weight excluding hydrogens is 344 g/mol. The van der Waals surface area contributed by atoms with Crippen molar-refractivity contribution < 1.29 is 14.4 Å². The number of hydrogen-bond donors (Lipinski definition) is 1. The first-order valence-electron chi connectivity index (χ1n) is 9.86. The van der Waals surface area contributed by atoms with Crippen LogP contribution in [0.15, 0.2) is 24.4 Å². The molecule has 0 radical (unpaired) electrons. The third kappa shape index (κ3) is 3.60. The van der Waals surface area contributed by atoms with E-state index < -0.39 is 5.41 Å². The van der Waals surface area contributed by atoms with Crippen molar-refractivity contribution in [2.45, 2.75) is 44.9 Å². The second-order valence-corrected chi connectivity index (χ2v) is 8.03. The summed E-state index contributed by atoms with van der Waals surface area (Å²) >= 11 is 0. The molecule has 7 heteroatoms. The van der Waals surface area contributed by atoms with E-state index in [-0.39, 0.29) is 23.6 Å². The van der Waals surface area contributed by atoms with Crippen LogP contribution in [-0.2, 0) is 14.4 Å². The van der Waals surface area contributed by atoms with Crippen molar-refractivity contribution >= 4 is 23.5 Å². The molecule has 2 aliphatic heterocycles. The molecule has 1 saturated carbocycles. The Labute approximate surface area is 159 Å². The maximum absolute atomic E-state index is 12.8. The minimum atomic E-state index is -0.405. The van der Waals surface area contributed by atoms with E-state index in [1.165, 1.54) is 4.90 Å². The number of imide groups is 1. The molecule has 144 valence electrons. The van der Waals surface area contributed by atoms with Gasteiger partial charge in [-0.3, -0.25) is 24.2 Å². The van der Waals surface area contributed by atoms with E-state index in [0.29, 0.717) is 32.0 Å². The minimum absolute atomic E-state index is 0.00779. The molecule has 0 bridgehead atoms. The number of carbonyl (C=O) groups is 3. The van der Waals surface area contributed by atoms with Crippen molar-refractivity contribution in [2.75, 3.05) is 25.1 Å². The summed E-state index contributed by atoms with van der Waals surface area (Å²) in [6.07, 6.45) is 7.27. The highest BCUT2D eigenvalue weighted by molar-refractivity contribution is 6.06. The molecule has 7 nitrogen and oxygen atoms in total. The normalized spacial score (nSPS) is 23.3. The first kappa shape index (κ1) is 18.1. The number of pyridine rings is 1. The average Bonchev–Trinajstić information content (AvgIpc) is 3.24. The lowest BCUT2D eigenvalue weighted by Gasteiger charge is -2.33. The molecule has 1 aliphatic carbocycles. The van der Waals surface area contributed by atoms with Crippen LogP contribution in [0.3, 0.4) is 0 Å². The van der Waals surface area contributed by atoms with Gasteiger partial charge in [0.25, 0.3) is 0 Å². The van der Waals surface area contributed by atoms with Gasteiger partial charge in [0.15, 0.2) is 0 Å². The molecule has 3 fully saturated rings. The maximum atomic E-state index is 12.8. The monoisotopic (exact) mass is 370 g/mol. The predicted molar refractivity (Wildman–Crippen MR) is 99.4 cm³/mol. The van der Waals surface area contributed by atoms with Gasteiger partial charge >= 0.3 is 0 Å². The zero-order chi connectivity index (χ0) is 18.9. The summed E-state index contributed by atoms with van der Waals surface area (Å²) in [6.45, 7) is 1.79. The molecule has 2 saturated heterocycles. The lowest BCUT2D eigenvalue weighted by Crippen LogP contribution is -2.46. The summed E-state index contributed by atoms with van der Waals surface area (Å²) in [5.41, 5.74) is -0.405. The summed E-state index contributed by atoms with van der Waals surface area (Å²) in [6, 6.07) is 5.42. The maximum Gasteiger partial charge on any atom is 0.237 e. The molecule has 0 aromatic carbocycles. The highest BCUT2D eigenvalue weighted by Crippen LogP contribution is 2.46. The van der Waals surface area contributed by atoms with E-state index in [1.54, 1.807) is 12.3 Å². The lowest BCUT2D eigenvalue weighted by atomic mass is 9.85. The third-order valence-electron chi connectivity index (χ3n) is 6.27. The van der Waals surface area contributed by atoms with Crippen LogP contribution in [0.4, 0.5) is 5.82 Å². The number of likely N-dealkylation sites (tertiary alicyclic amines) is 2. The van der Waals surface area contributed by atoms with Gasteiger partial charge in [-0.05, 0) is 37.8 Å². The van der Waals surface area contributed by atoms with Gasteiger partial charge in [-0.1, -0.05) is 18.9 Å². The third-order valence-corrected chi connectivity index (χ3v) is 6.27. The molecule has 3 aliphatic rings. The second-order valence-electron chi connectivity index (χ2n) is 8.03. The number of nitrogens with zero attached hydrogens (tertiary/aromatic N) is 3. The average molecular weight is 370 g/mol. The van der Waals surface area contributed by atoms with Crippen molar-refractivity contribution in [3.8, 4) is 0 Å². The predicted octanol–water partition coefficient (Wildman–Crippen LogP) is 2.01. The van der Waals surface area contributed by atoms with E-state index in [0.717, 1.165) is 38.5 Å². The van der Waals surface area contributed by atoms with Crippen molar-refractivity contribution in [3.05, 3.63) is 24.4 Å². The van der Waals surface area contributed by atoms with E-state index in [1.807, 2.05) is 12.1 Å². The summed E-state index contributed by atoms with van der Waals surface area (Å²) in [7, 11) is 0. The summed E-state index contributed by atoms with van der Waals surface area (Å²) < 4.78 is 0. The molecule has 1 aromatic heterocycles. The van der Waals surface area contributed by atoms with Crippen molar-refractivity contribution in [1.29, 1.82) is 0 Å². The molecule has 1 aromatic rings. The Kier molecular flexibility index (Phi) is 4.95. The summed E-state index contributed by atoms with van der Waals surface area (Å²) in [5, 5.41) is 2.86. The Morgan fingerprint density at radius 2 is 1.93 bits per heavy atom. The molecule has 27 heavy (non-hydrogen) atoms. The van der Waals surface area contributed by atoms with Crippen molar-refractivity contribution in [2.24, 2.45) is 11.3 Å². The SMILES string of the molecule is O=C(Nc1ccccn1)C1CCN(CN2C(=O)CC3(CCCC3)C2=O)CC1. The molecule has 1 spiro atoms. The van der Waals surface area contributed by atoms with Crippen LogP contribution in [0.2, 0.25) is 0 Å². The highest BCUT2D eigenvalue weighted by Gasteiger charge is 2.52. The summed E-state index contributed by atoms with van der Waals surface area (Å²) in [5.74, 6) is 0.498. The van der Waals surface area contributed by atoms with Crippen LogP contribution in [0.25, 0.3) is 0 Å². The Balaban J connectivity index is 1.29. The zero-order valence-electron chi connectivity index (χ0n) is 15.5. The lowest BCUT2D eigenvalue weighted by molar-refractivity contribution is -0.144. The van der Waals surface area contributed by atoms with Crippen LogP contribution >= 0.6 is 0 Å². The van der Waals surface area contributed by atoms with E-state index in [2.05, 4.69) is 15.2 Å². The summed E-state index contributed by atoms with van der Waals surface area (Å²) in [4.78, 5) is 45.3. The van der Waals surface area contributed by atoms with E-state index in [4.69, 9.17) is 0 Å². The number of nitrogens with one attached hydrogen (secondary N) is 1. The Bertz CT molecular complexity index is 722. The number of anilines is 1. The van der Waals surface area contributed by atoms with Gasteiger partial charge in [0, 0.05) is 31.6 Å². The molecular formula is C20H26N4O3. The van der Waals surface area contributed by atoms with Crippen LogP contribution in [0.5, 0.6) is 0 Å². The van der Waals surface area contributed by atoms with Crippen molar-refractivity contribution in [3.63, 3.8) is 0 Å². The second kappa shape index (κ2) is 7.38. The highest BCUT2D eigenvalue weighted by atomic mass is 16.2. The molecule has 0 unspecified atom stereocenters. The Morgan fingerprint density at radius 1 is 1.19 bits per heavy atom. The fraction of sp³-hybridized carbons (Fsp3) is 0.600. The topological polar surface area (TPSA) is 82.6 Å². The Hall–Kier alpha value is -2.28. The van der Waals surface area contributed by atoms with E-state index >= 15 is 0 Å². The van der Waals surface area contributed by atoms with Gasteiger partial charge in [-0.15, -0.1) is 0 Å². The first-order chi connectivity index (χ1) is 13.1. The largest absolute Gasteiger partial charge is 0.310 e. The number of amides is 3. The molecule has 3 heterocycles. The van der Waals surface area contributed by atoms with Gasteiger partial charge < -0.3 is 5.32 Å². The van der Waals surface area contributed by atoms with E-state index in [9.17, 15) is 14.4 Å².